The Hall–Kier alpha value is -8.74. The van der Waals surface area contributed by atoms with E-state index in [4.69, 9.17) is 9.97 Å². The summed E-state index contributed by atoms with van der Waals surface area (Å²) in [5, 5.41) is 9.52. The Bertz CT molecular complexity index is 4170. The zero-order valence-electron chi connectivity index (χ0n) is 34.5. The first kappa shape index (κ1) is 34.9. The lowest BCUT2D eigenvalue weighted by atomic mass is 10.1. The maximum Gasteiger partial charge on any atom is 0.163 e. The minimum atomic E-state index is 0.659. The van der Waals surface area contributed by atoms with Gasteiger partial charge in [0.25, 0.3) is 0 Å². The molecule has 0 aliphatic rings. The predicted molar refractivity (Wildman–Crippen MR) is 265 cm³/mol. The van der Waals surface area contributed by atoms with E-state index in [1.807, 2.05) is 6.07 Å². The van der Waals surface area contributed by atoms with Crippen LogP contribution < -0.4 is 0 Å². The molecule has 5 heterocycles. The van der Waals surface area contributed by atoms with Gasteiger partial charge in [-0.3, -0.25) is 9.13 Å². The molecule has 14 rings (SSSR count). The topological polar surface area (TPSA) is 45.5 Å². The molecule has 0 saturated carbocycles. The van der Waals surface area contributed by atoms with Crippen molar-refractivity contribution in [2.24, 2.45) is 0 Å². The molecule has 64 heavy (non-hydrogen) atoms. The van der Waals surface area contributed by atoms with Gasteiger partial charge in [0.2, 0.25) is 0 Å². The molecule has 9 aromatic carbocycles. The number of aromatic nitrogens is 6. The number of rotatable bonds is 5. The molecule has 0 amide bonds. The summed E-state index contributed by atoms with van der Waals surface area (Å²) in [6.45, 7) is 0. The zero-order valence-corrected chi connectivity index (χ0v) is 34.5. The molecule has 14 aromatic rings. The molecule has 0 saturated heterocycles. The van der Waals surface area contributed by atoms with Gasteiger partial charge in [-0.1, -0.05) is 146 Å². The molecular formula is C58H36N6. The molecular weight excluding hydrogens is 781 g/mol. The van der Waals surface area contributed by atoms with Crippen LogP contribution in [0.1, 0.15) is 0 Å². The maximum absolute atomic E-state index is 5.48. The van der Waals surface area contributed by atoms with Crippen molar-refractivity contribution in [2.45, 2.75) is 0 Å². The number of nitrogens with zero attached hydrogens (tertiary/aromatic N) is 6. The molecule has 0 spiro atoms. The van der Waals surface area contributed by atoms with Gasteiger partial charge in [-0.05, 0) is 66.7 Å². The molecule has 0 aliphatic carbocycles. The first-order valence-electron chi connectivity index (χ1n) is 21.8. The Kier molecular flexibility index (Phi) is 7.30. The van der Waals surface area contributed by atoms with Crippen LogP contribution in [0.2, 0.25) is 0 Å². The van der Waals surface area contributed by atoms with Crippen molar-refractivity contribution in [3.8, 4) is 34.4 Å². The van der Waals surface area contributed by atoms with Gasteiger partial charge in [0.15, 0.2) is 5.82 Å². The fourth-order valence-electron chi connectivity index (χ4n) is 10.5. The second-order valence-electron chi connectivity index (χ2n) is 16.6. The van der Waals surface area contributed by atoms with Gasteiger partial charge in [-0.2, -0.15) is 0 Å². The van der Waals surface area contributed by atoms with Crippen LogP contribution in [-0.2, 0) is 0 Å². The van der Waals surface area contributed by atoms with Crippen LogP contribution in [0.4, 0.5) is 0 Å². The molecule has 0 fully saturated rings. The Balaban J connectivity index is 1.10. The van der Waals surface area contributed by atoms with E-state index in [2.05, 4.69) is 231 Å². The summed E-state index contributed by atoms with van der Waals surface area (Å²) in [5.74, 6) is 2.25. The Morgan fingerprint density at radius 3 is 1.28 bits per heavy atom. The number of para-hydroxylation sites is 6. The zero-order chi connectivity index (χ0) is 41.9. The van der Waals surface area contributed by atoms with E-state index in [-0.39, 0.29) is 0 Å². The summed E-state index contributed by atoms with van der Waals surface area (Å²) in [5.41, 5.74) is 12.2. The van der Waals surface area contributed by atoms with E-state index >= 15 is 0 Å². The van der Waals surface area contributed by atoms with Crippen LogP contribution in [-0.4, -0.2) is 28.2 Å². The van der Waals surface area contributed by atoms with E-state index in [0.29, 0.717) is 5.82 Å². The third-order valence-electron chi connectivity index (χ3n) is 13.2. The highest BCUT2D eigenvalue weighted by Crippen LogP contribution is 2.43. The van der Waals surface area contributed by atoms with E-state index in [0.717, 1.165) is 56.0 Å². The van der Waals surface area contributed by atoms with Crippen molar-refractivity contribution in [3.63, 3.8) is 0 Å². The van der Waals surface area contributed by atoms with Crippen LogP contribution in [0, 0.1) is 0 Å². The van der Waals surface area contributed by atoms with Crippen LogP contribution in [0.25, 0.3) is 122 Å². The van der Waals surface area contributed by atoms with Crippen molar-refractivity contribution < 1.29 is 0 Å². The van der Waals surface area contributed by atoms with Crippen molar-refractivity contribution >= 4 is 87.2 Å². The normalized spacial score (nSPS) is 12.1. The monoisotopic (exact) mass is 816 g/mol. The smallest absolute Gasteiger partial charge is 0.163 e. The Morgan fingerprint density at radius 1 is 0.266 bits per heavy atom. The van der Waals surface area contributed by atoms with Gasteiger partial charge in [0, 0.05) is 66.1 Å². The van der Waals surface area contributed by atoms with Gasteiger partial charge in [0.05, 0.1) is 44.1 Å². The van der Waals surface area contributed by atoms with Gasteiger partial charge < -0.3 is 9.13 Å². The van der Waals surface area contributed by atoms with E-state index in [9.17, 15) is 0 Å². The highest BCUT2D eigenvalue weighted by atomic mass is 15.1. The largest absolute Gasteiger partial charge is 0.309 e. The lowest BCUT2D eigenvalue weighted by molar-refractivity contribution is 0.994. The number of hydrogen-bond donors (Lipinski definition) is 0. The molecule has 0 radical (unpaired) electrons. The lowest BCUT2D eigenvalue weighted by Crippen LogP contribution is -2.06. The fourth-order valence-corrected chi connectivity index (χ4v) is 10.5. The quantitative estimate of drug-likeness (QED) is 0.174. The molecule has 0 N–H and O–H groups in total. The molecule has 0 aliphatic heterocycles. The molecule has 6 heteroatoms. The lowest BCUT2D eigenvalue weighted by Gasteiger charge is -2.14. The van der Waals surface area contributed by atoms with Crippen molar-refractivity contribution in [1.82, 2.24) is 28.2 Å². The van der Waals surface area contributed by atoms with E-state index < -0.39 is 0 Å². The minimum absolute atomic E-state index is 0.659. The number of hydrogen-bond acceptors (Lipinski definition) is 2. The highest BCUT2D eigenvalue weighted by Gasteiger charge is 2.24. The Morgan fingerprint density at radius 2 is 0.688 bits per heavy atom. The molecule has 0 atom stereocenters. The highest BCUT2D eigenvalue weighted by molar-refractivity contribution is 6.26. The standard InChI is InChI=1S/C58H36N6/c1-4-18-37(19-5-1)58-59-54(63-50-31-17-13-27-44(50)56-51(63)33-32-43-40-24-10-15-29-48(40)62(57(43)56)39-22-8-3-9-23-39)36-55(60-58)64-49-30-16-12-26-42(49)46-34-52-45(35-53(46)64)41-25-11-14-28-47(41)61(52)38-20-6-2-7-21-38/h1-36H. The van der Waals surface area contributed by atoms with Crippen molar-refractivity contribution in [1.29, 1.82) is 0 Å². The van der Waals surface area contributed by atoms with Crippen LogP contribution >= 0.6 is 0 Å². The van der Waals surface area contributed by atoms with Gasteiger partial charge >= 0.3 is 0 Å². The first-order valence-corrected chi connectivity index (χ1v) is 21.8. The summed E-state index contributed by atoms with van der Waals surface area (Å²) < 4.78 is 9.51. The second-order valence-corrected chi connectivity index (χ2v) is 16.6. The second kappa shape index (κ2) is 13.4. The maximum atomic E-state index is 5.48. The summed E-state index contributed by atoms with van der Waals surface area (Å²) >= 11 is 0. The van der Waals surface area contributed by atoms with Crippen LogP contribution in [0.5, 0.6) is 0 Å². The molecule has 298 valence electrons. The number of fused-ring (bicyclic) bond motifs is 13. The van der Waals surface area contributed by atoms with Gasteiger partial charge in [0.1, 0.15) is 11.6 Å². The summed E-state index contributed by atoms with van der Waals surface area (Å²) in [4.78, 5) is 10.9. The summed E-state index contributed by atoms with van der Waals surface area (Å²) in [6.07, 6.45) is 0. The SMILES string of the molecule is c1ccc(-c2nc(-n3c4ccccc4c4cc5c(cc43)c3ccccc3n5-c3ccccc3)cc(-n3c4ccccc4c4c3ccc3c5ccccc5n(-c5ccccc5)c34)n2)cc1. The molecule has 5 aromatic heterocycles. The van der Waals surface area contributed by atoms with Gasteiger partial charge in [-0.15, -0.1) is 0 Å². The molecule has 0 unspecified atom stereocenters. The van der Waals surface area contributed by atoms with Crippen molar-refractivity contribution in [3.05, 3.63) is 218 Å². The first-order chi connectivity index (χ1) is 31.8. The third kappa shape index (κ3) is 4.90. The molecule has 6 nitrogen and oxygen atoms in total. The van der Waals surface area contributed by atoms with Crippen LogP contribution in [0.15, 0.2) is 218 Å². The minimum Gasteiger partial charge on any atom is -0.309 e. The van der Waals surface area contributed by atoms with Crippen molar-refractivity contribution in [2.75, 3.05) is 0 Å². The molecule has 0 bridgehead atoms. The van der Waals surface area contributed by atoms with E-state index in [1.165, 1.54) is 59.8 Å². The fraction of sp³-hybridized carbons (Fsp3) is 0. The number of benzene rings is 9. The summed E-state index contributed by atoms with van der Waals surface area (Å²) in [7, 11) is 0. The average molecular weight is 817 g/mol. The average Bonchev–Trinajstić information content (AvgIpc) is 4.09. The predicted octanol–water partition coefficient (Wildman–Crippen LogP) is 14.5. The van der Waals surface area contributed by atoms with Gasteiger partial charge in [-0.25, -0.2) is 9.97 Å². The third-order valence-corrected chi connectivity index (χ3v) is 13.2. The summed E-state index contributed by atoms with van der Waals surface area (Å²) in [6, 6.07) is 78.2. The van der Waals surface area contributed by atoms with Crippen LogP contribution in [0.3, 0.4) is 0 Å². The van der Waals surface area contributed by atoms with E-state index in [1.54, 1.807) is 0 Å². The Labute approximate surface area is 366 Å².